The number of nitrogens with one attached hydrogen (secondary N) is 1. The van der Waals surface area contributed by atoms with Gasteiger partial charge < -0.3 is 10.6 Å². The van der Waals surface area contributed by atoms with Crippen molar-refractivity contribution >= 4 is 5.84 Å². The summed E-state index contributed by atoms with van der Waals surface area (Å²) in [4.78, 5) is 2.30. The molecule has 0 unspecified atom stereocenters. The van der Waals surface area contributed by atoms with Gasteiger partial charge in [0.25, 0.3) is 0 Å². The highest BCUT2D eigenvalue weighted by atomic mass is 15.1. The first-order valence-corrected chi connectivity index (χ1v) is 4.59. The van der Waals surface area contributed by atoms with Crippen molar-refractivity contribution in [2.75, 3.05) is 20.1 Å². The van der Waals surface area contributed by atoms with Gasteiger partial charge in [0.05, 0.1) is 5.84 Å². The summed E-state index contributed by atoms with van der Waals surface area (Å²) in [7, 11) is 2.13. The van der Waals surface area contributed by atoms with E-state index < -0.39 is 0 Å². The summed E-state index contributed by atoms with van der Waals surface area (Å²) in [6.07, 6.45) is 3.28. The van der Waals surface area contributed by atoms with Gasteiger partial charge in [-0.1, -0.05) is 6.92 Å². The maximum Gasteiger partial charge on any atom is 0.0911 e. The molecule has 1 fully saturated rings. The molecule has 0 amide bonds. The molecule has 1 rings (SSSR count). The third kappa shape index (κ3) is 2.48. The largest absolute Gasteiger partial charge is 0.388 e. The van der Waals surface area contributed by atoms with Crippen molar-refractivity contribution in [2.24, 2.45) is 11.1 Å². The summed E-state index contributed by atoms with van der Waals surface area (Å²) in [5, 5.41) is 7.25. The average molecular weight is 169 g/mol. The lowest BCUT2D eigenvalue weighted by Gasteiger charge is -2.21. The van der Waals surface area contributed by atoms with Gasteiger partial charge in [-0.3, -0.25) is 5.41 Å². The molecule has 0 heterocycles. The number of nitrogens with two attached hydrogens (primary N) is 1. The molecule has 1 saturated carbocycles. The predicted molar refractivity (Wildman–Crippen MR) is 51.4 cm³/mol. The molecule has 1 aliphatic carbocycles. The highest BCUT2D eigenvalue weighted by Crippen LogP contribution is 2.48. The fraction of sp³-hybridized carbons (Fsp3) is 0.889. The van der Waals surface area contributed by atoms with E-state index in [2.05, 4.69) is 18.9 Å². The molecule has 0 radical (unpaired) electrons. The second-order valence-corrected chi connectivity index (χ2v) is 4.03. The van der Waals surface area contributed by atoms with Crippen LogP contribution in [0.4, 0.5) is 0 Å². The zero-order chi connectivity index (χ0) is 9.19. The molecule has 0 aromatic heterocycles. The van der Waals surface area contributed by atoms with Gasteiger partial charge in [0.2, 0.25) is 0 Å². The maximum atomic E-state index is 7.25. The van der Waals surface area contributed by atoms with E-state index in [1.807, 2.05) is 0 Å². The van der Waals surface area contributed by atoms with E-state index in [1.54, 1.807) is 0 Å². The van der Waals surface area contributed by atoms with Gasteiger partial charge in [-0.2, -0.15) is 0 Å². The SMILES string of the molecule is CCN(C)CC1(CC(=N)N)CC1. The molecule has 0 aromatic rings. The quantitative estimate of drug-likeness (QED) is 0.477. The lowest BCUT2D eigenvalue weighted by molar-refractivity contribution is 0.278. The Balaban J connectivity index is 2.34. The van der Waals surface area contributed by atoms with Gasteiger partial charge in [0.1, 0.15) is 0 Å². The van der Waals surface area contributed by atoms with Crippen LogP contribution in [-0.2, 0) is 0 Å². The average Bonchev–Trinajstić information content (AvgIpc) is 2.67. The molecule has 1 aliphatic rings. The van der Waals surface area contributed by atoms with E-state index in [1.165, 1.54) is 12.8 Å². The third-order valence-corrected chi connectivity index (χ3v) is 2.67. The minimum Gasteiger partial charge on any atom is -0.388 e. The maximum absolute atomic E-state index is 7.25. The van der Waals surface area contributed by atoms with Crippen LogP contribution in [0.2, 0.25) is 0 Å². The van der Waals surface area contributed by atoms with Gasteiger partial charge in [-0.15, -0.1) is 0 Å². The van der Waals surface area contributed by atoms with Crippen LogP contribution in [0, 0.1) is 10.8 Å². The molecular weight excluding hydrogens is 150 g/mol. The van der Waals surface area contributed by atoms with Crippen LogP contribution in [0.1, 0.15) is 26.2 Å². The number of amidine groups is 1. The standard InChI is InChI=1S/C9H19N3/c1-3-12(2)7-9(4-5-9)6-8(10)11/h3-7H2,1-2H3,(H3,10,11). The molecule has 0 atom stereocenters. The Kier molecular flexibility index (Phi) is 2.73. The summed E-state index contributed by atoms with van der Waals surface area (Å²) in [5.41, 5.74) is 5.77. The van der Waals surface area contributed by atoms with Crippen molar-refractivity contribution < 1.29 is 0 Å². The van der Waals surface area contributed by atoms with Crippen LogP contribution in [-0.4, -0.2) is 30.9 Å². The Morgan fingerprint density at radius 1 is 1.58 bits per heavy atom. The first kappa shape index (κ1) is 9.52. The van der Waals surface area contributed by atoms with E-state index in [4.69, 9.17) is 11.1 Å². The molecule has 3 heteroatoms. The van der Waals surface area contributed by atoms with E-state index in [9.17, 15) is 0 Å². The highest BCUT2D eigenvalue weighted by Gasteiger charge is 2.43. The molecule has 0 bridgehead atoms. The normalized spacial score (nSPS) is 19.6. The van der Waals surface area contributed by atoms with Crippen molar-refractivity contribution in [3.05, 3.63) is 0 Å². The third-order valence-electron chi connectivity index (χ3n) is 2.67. The molecule has 0 aromatic carbocycles. The van der Waals surface area contributed by atoms with Crippen molar-refractivity contribution in [3.8, 4) is 0 Å². The zero-order valence-electron chi connectivity index (χ0n) is 8.06. The van der Waals surface area contributed by atoms with Gasteiger partial charge in [0, 0.05) is 13.0 Å². The monoisotopic (exact) mass is 169 g/mol. The van der Waals surface area contributed by atoms with E-state index in [-0.39, 0.29) is 0 Å². The minimum atomic E-state index is 0.344. The molecule has 3 N–H and O–H groups in total. The summed E-state index contributed by atoms with van der Waals surface area (Å²) in [6.45, 7) is 4.34. The van der Waals surface area contributed by atoms with Crippen LogP contribution in [0.5, 0.6) is 0 Å². The number of hydrogen-bond acceptors (Lipinski definition) is 2. The summed E-state index contributed by atoms with van der Waals surface area (Å²) >= 11 is 0. The van der Waals surface area contributed by atoms with Gasteiger partial charge in [-0.25, -0.2) is 0 Å². The van der Waals surface area contributed by atoms with Crippen molar-refractivity contribution in [1.29, 1.82) is 5.41 Å². The number of nitrogens with zero attached hydrogens (tertiary/aromatic N) is 1. The van der Waals surface area contributed by atoms with Gasteiger partial charge >= 0.3 is 0 Å². The fourth-order valence-corrected chi connectivity index (χ4v) is 1.66. The Morgan fingerprint density at radius 3 is 2.50 bits per heavy atom. The Bertz CT molecular complexity index is 173. The van der Waals surface area contributed by atoms with E-state index in [0.29, 0.717) is 11.3 Å². The van der Waals surface area contributed by atoms with Gasteiger partial charge in [-0.05, 0) is 31.8 Å². The predicted octanol–water partition coefficient (Wildman–Crippen LogP) is 1.04. The van der Waals surface area contributed by atoms with Crippen LogP contribution >= 0.6 is 0 Å². The van der Waals surface area contributed by atoms with Crippen LogP contribution < -0.4 is 5.73 Å². The molecule has 0 saturated heterocycles. The molecule has 0 spiro atoms. The second-order valence-electron chi connectivity index (χ2n) is 4.03. The summed E-state index contributed by atoms with van der Waals surface area (Å²) in [6, 6.07) is 0. The molecule has 0 aliphatic heterocycles. The first-order chi connectivity index (χ1) is 5.58. The Hall–Kier alpha value is -0.570. The van der Waals surface area contributed by atoms with E-state index >= 15 is 0 Å². The number of rotatable bonds is 5. The van der Waals surface area contributed by atoms with Crippen molar-refractivity contribution in [1.82, 2.24) is 4.90 Å². The zero-order valence-corrected chi connectivity index (χ0v) is 8.06. The van der Waals surface area contributed by atoms with Crippen LogP contribution in [0.3, 0.4) is 0 Å². The topological polar surface area (TPSA) is 53.1 Å². The summed E-state index contributed by atoms with van der Waals surface area (Å²) in [5.74, 6) is 0.344. The molecule has 3 nitrogen and oxygen atoms in total. The van der Waals surface area contributed by atoms with Crippen LogP contribution in [0.25, 0.3) is 0 Å². The van der Waals surface area contributed by atoms with E-state index in [0.717, 1.165) is 19.5 Å². The van der Waals surface area contributed by atoms with Crippen molar-refractivity contribution in [2.45, 2.75) is 26.2 Å². The fourth-order valence-electron chi connectivity index (χ4n) is 1.66. The number of hydrogen-bond donors (Lipinski definition) is 2. The Labute approximate surface area is 74.4 Å². The highest BCUT2D eigenvalue weighted by molar-refractivity contribution is 5.78. The summed E-state index contributed by atoms with van der Waals surface area (Å²) < 4.78 is 0. The first-order valence-electron chi connectivity index (χ1n) is 4.59. The Morgan fingerprint density at radius 2 is 2.17 bits per heavy atom. The molecular formula is C9H19N3. The molecule has 70 valence electrons. The van der Waals surface area contributed by atoms with Gasteiger partial charge in [0.15, 0.2) is 0 Å². The molecule has 12 heavy (non-hydrogen) atoms. The lowest BCUT2D eigenvalue weighted by atomic mass is 10.0. The smallest absolute Gasteiger partial charge is 0.0911 e. The van der Waals surface area contributed by atoms with Crippen molar-refractivity contribution in [3.63, 3.8) is 0 Å². The minimum absolute atomic E-state index is 0.344. The lowest BCUT2D eigenvalue weighted by Crippen LogP contribution is -2.29. The second kappa shape index (κ2) is 3.44. The van der Waals surface area contributed by atoms with Crippen LogP contribution in [0.15, 0.2) is 0 Å².